The molecule has 0 N–H and O–H groups in total. The number of piperazine rings is 1. The predicted molar refractivity (Wildman–Crippen MR) is 129 cm³/mol. The van der Waals surface area contributed by atoms with Gasteiger partial charge in [-0.1, -0.05) is 36.4 Å². The minimum absolute atomic E-state index is 0.113. The largest absolute Gasteiger partial charge is 0.457 e. The van der Waals surface area contributed by atoms with Crippen LogP contribution < -0.4 is 9.64 Å². The zero-order chi connectivity index (χ0) is 22.9. The zero-order valence-electron chi connectivity index (χ0n) is 18.5. The molecule has 6 rings (SSSR count). The average molecular weight is 450 g/mol. The zero-order valence-corrected chi connectivity index (χ0v) is 18.5. The van der Waals surface area contributed by atoms with Gasteiger partial charge in [0.15, 0.2) is 5.82 Å². The summed E-state index contributed by atoms with van der Waals surface area (Å²) < 4.78 is 6.06. The molecule has 0 spiro atoms. The first-order chi connectivity index (χ1) is 16.8. The van der Waals surface area contributed by atoms with Crippen LogP contribution in [0.2, 0.25) is 0 Å². The van der Waals surface area contributed by atoms with Gasteiger partial charge in [0.1, 0.15) is 11.5 Å². The highest BCUT2D eigenvalue weighted by Crippen LogP contribution is 2.44. The maximum atomic E-state index is 13.7. The molecule has 0 unspecified atom stereocenters. The van der Waals surface area contributed by atoms with Crippen molar-refractivity contribution < 1.29 is 9.53 Å². The fraction of sp³-hybridized carbons (Fsp3) is 0.185. The predicted octanol–water partition coefficient (Wildman–Crippen LogP) is 4.13. The number of hydrogen-bond donors (Lipinski definition) is 0. The lowest BCUT2D eigenvalue weighted by atomic mass is 9.86. The molecule has 168 valence electrons. The Morgan fingerprint density at radius 2 is 1.41 bits per heavy atom. The number of anilines is 1. The van der Waals surface area contributed by atoms with Crippen LogP contribution in [-0.4, -0.2) is 52.2 Å². The molecule has 0 aliphatic carbocycles. The number of aromatic nitrogens is 3. The van der Waals surface area contributed by atoms with E-state index >= 15 is 0 Å². The first-order valence-electron chi connectivity index (χ1n) is 11.4. The third-order valence-corrected chi connectivity index (χ3v) is 6.47. The van der Waals surface area contributed by atoms with Crippen LogP contribution >= 0.6 is 0 Å². The van der Waals surface area contributed by atoms with E-state index in [1.165, 1.54) is 0 Å². The molecular formula is C27H23N5O2. The monoisotopic (exact) mass is 449 g/mol. The van der Waals surface area contributed by atoms with E-state index < -0.39 is 0 Å². The maximum absolute atomic E-state index is 13.7. The van der Waals surface area contributed by atoms with Gasteiger partial charge in [0.05, 0.1) is 11.6 Å². The minimum atomic E-state index is -0.355. The number of para-hydroxylation sites is 2. The lowest BCUT2D eigenvalue weighted by molar-refractivity contribution is -0.132. The summed E-state index contributed by atoms with van der Waals surface area (Å²) >= 11 is 0. The standard InChI is InChI=1S/C27H23N5O2/c33-27(26-20-5-1-3-7-23(20)34-24-8-4-2-6-21(24)26)32-17-15-31(16-18-32)25-10-9-22(29-30-25)19-11-13-28-14-12-19/h1-14,26H,15-18H2. The van der Waals surface area contributed by atoms with Crippen molar-refractivity contribution in [3.05, 3.63) is 96.3 Å². The molecule has 7 heteroatoms. The summed E-state index contributed by atoms with van der Waals surface area (Å²) in [6.45, 7) is 2.69. The molecule has 0 saturated carbocycles. The molecule has 2 aromatic carbocycles. The third-order valence-electron chi connectivity index (χ3n) is 6.47. The summed E-state index contributed by atoms with van der Waals surface area (Å²) in [4.78, 5) is 21.9. The van der Waals surface area contributed by atoms with Gasteiger partial charge in [-0.3, -0.25) is 9.78 Å². The van der Waals surface area contributed by atoms with Gasteiger partial charge in [-0.25, -0.2) is 0 Å². The van der Waals surface area contributed by atoms with Crippen LogP contribution in [0.15, 0.2) is 85.2 Å². The van der Waals surface area contributed by atoms with Crippen molar-refractivity contribution in [2.75, 3.05) is 31.1 Å². The molecule has 2 aromatic heterocycles. The number of nitrogens with zero attached hydrogens (tertiary/aromatic N) is 5. The fourth-order valence-corrected chi connectivity index (χ4v) is 4.69. The molecule has 1 fully saturated rings. The van der Waals surface area contributed by atoms with E-state index in [9.17, 15) is 4.79 Å². The summed E-state index contributed by atoms with van der Waals surface area (Å²) in [6, 6.07) is 23.4. The maximum Gasteiger partial charge on any atom is 0.234 e. The van der Waals surface area contributed by atoms with Gasteiger partial charge >= 0.3 is 0 Å². The molecule has 1 saturated heterocycles. The lowest BCUT2D eigenvalue weighted by Gasteiger charge is -2.38. The Morgan fingerprint density at radius 3 is 2.03 bits per heavy atom. The Bertz CT molecular complexity index is 1270. The van der Waals surface area contributed by atoms with Gasteiger partial charge in [-0.2, -0.15) is 0 Å². The van der Waals surface area contributed by atoms with Crippen molar-refractivity contribution in [1.82, 2.24) is 20.1 Å². The Morgan fingerprint density at radius 1 is 0.765 bits per heavy atom. The molecule has 2 aliphatic heterocycles. The summed E-state index contributed by atoms with van der Waals surface area (Å²) in [5.41, 5.74) is 3.65. The van der Waals surface area contributed by atoms with Gasteiger partial charge in [0.25, 0.3) is 0 Å². The van der Waals surface area contributed by atoms with E-state index in [0.29, 0.717) is 26.2 Å². The van der Waals surface area contributed by atoms with Crippen molar-refractivity contribution in [3.63, 3.8) is 0 Å². The third kappa shape index (κ3) is 3.65. The van der Waals surface area contributed by atoms with Crippen LogP contribution in [0.5, 0.6) is 11.5 Å². The number of hydrogen-bond acceptors (Lipinski definition) is 6. The normalized spacial score (nSPS) is 15.3. The van der Waals surface area contributed by atoms with Crippen LogP contribution in [0, 0.1) is 0 Å². The SMILES string of the molecule is O=C(C1c2ccccc2Oc2ccccc21)N1CCN(c2ccc(-c3ccncc3)nn2)CC1. The molecule has 34 heavy (non-hydrogen) atoms. The second kappa shape index (κ2) is 8.59. The van der Waals surface area contributed by atoms with E-state index in [1.807, 2.05) is 77.7 Å². The Balaban J connectivity index is 1.18. The molecule has 4 heterocycles. The smallest absolute Gasteiger partial charge is 0.234 e. The highest BCUT2D eigenvalue weighted by Gasteiger charge is 2.36. The Hall–Kier alpha value is -4.26. The number of fused-ring (bicyclic) bond motifs is 2. The number of ether oxygens (including phenoxy) is 1. The van der Waals surface area contributed by atoms with E-state index in [1.54, 1.807) is 12.4 Å². The number of rotatable bonds is 3. The summed E-state index contributed by atoms with van der Waals surface area (Å²) in [5, 5.41) is 8.82. The summed E-state index contributed by atoms with van der Waals surface area (Å²) in [5.74, 6) is 2.09. The average Bonchev–Trinajstić information content (AvgIpc) is 2.92. The molecule has 0 radical (unpaired) electrons. The van der Waals surface area contributed by atoms with Gasteiger partial charge in [-0.05, 0) is 36.4 Å². The number of amides is 1. The second-order valence-corrected chi connectivity index (χ2v) is 8.44. The molecule has 1 amide bonds. The quantitative estimate of drug-likeness (QED) is 0.469. The molecule has 0 atom stereocenters. The molecular weight excluding hydrogens is 426 g/mol. The number of carbonyl (C=O) groups is 1. The van der Waals surface area contributed by atoms with Gasteiger partial charge in [0, 0.05) is 55.3 Å². The van der Waals surface area contributed by atoms with Crippen molar-refractivity contribution >= 4 is 11.7 Å². The van der Waals surface area contributed by atoms with E-state index in [-0.39, 0.29) is 11.8 Å². The second-order valence-electron chi connectivity index (χ2n) is 8.44. The summed E-state index contributed by atoms with van der Waals surface area (Å²) in [6.07, 6.45) is 3.49. The molecule has 2 aliphatic rings. The first kappa shape index (κ1) is 20.4. The van der Waals surface area contributed by atoms with Crippen molar-refractivity contribution in [2.45, 2.75) is 5.92 Å². The highest BCUT2D eigenvalue weighted by molar-refractivity contribution is 5.90. The Kier molecular flexibility index (Phi) is 5.14. The molecule has 0 bridgehead atoms. The van der Waals surface area contributed by atoms with Crippen molar-refractivity contribution in [1.29, 1.82) is 0 Å². The van der Waals surface area contributed by atoms with Crippen LogP contribution in [0.3, 0.4) is 0 Å². The van der Waals surface area contributed by atoms with E-state index in [0.717, 1.165) is 39.7 Å². The lowest BCUT2D eigenvalue weighted by Crippen LogP contribution is -2.50. The van der Waals surface area contributed by atoms with Gasteiger partial charge < -0.3 is 14.5 Å². The van der Waals surface area contributed by atoms with E-state index in [4.69, 9.17) is 4.74 Å². The van der Waals surface area contributed by atoms with Crippen LogP contribution in [0.25, 0.3) is 11.3 Å². The first-order valence-corrected chi connectivity index (χ1v) is 11.4. The number of benzene rings is 2. The summed E-state index contributed by atoms with van der Waals surface area (Å²) in [7, 11) is 0. The highest BCUT2D eigenvalue weighted by atomic mass is 16.5. The topological polar surface area (TPSA) is 71.5 Å². The molecule has 7 nitrogen and oxygen atoms in total. The van der Waals surface area contributed by atoms with Crippen molar-refractivity contribution in [3.8, 4) is 22.8 Å². The van der Waals surface area contributed by atoms with Gasteiger partial charge in [0.2, 0.25) is 5.91 Å². The van der Waals surface area contributed by atoms with E-state index in [2.05, 4.69) is 20.1 Å². The molecule has 4 aromatic rings. The fourth-order valence-electron chi connectivity index (χ4n) is 4.69. The van der Waals surface area contributed by atoms with Crippen molar-refractivity contribution in [2.24, 2.45) is 0 Å². The van der Waals surface area contributed by atoms with Crippen LogP contribution in [0.4, 0.5) is 5.82 Å². The van der Waals surface area contributed by atoms with Gasteiger partial charge in [-0.15, -0.1) is 10.2 Å². The number of pyridine rings is 1. The van der Waals surface area contributed by atoms with Crippen LogP contribution in [0.1, 0.15) is 17.0 Å². The van der Waals surface area contributed by atoms with Crippen LogP contribution in [-0.2, 0) is 4.79 Å². The minimum Gasteiger partial charge on any atom is -0.457 e. The number of carbonyl (C=O) groups excluding carboxylic acids is 1. The Labute approximate surface area is 197 Å².